The summed E-state index contributed by atoms with van der Waals surface area (Å²) in [5.74, 6) is -1.76. The zero-order chi connectivity index (χ0) is 19.3. The lowest BCUT2D eigenvalue weighted by atomic mass is 9.54. The third kappa shape index (κ3) is 2.29. The van der Waals surface area contributed by atoms with Gasteiger partial charge in [0.25, 0.3) is 0 Å². The van der Waals surface area contributed by atoms with Crippen LogP contribution < -0.4 is 10.2 Å². The molecule has 1 N–H and O–H groups in total. The minimum absolute atomic E-state index is 0.0153. The highest BCUT2D eigenvalue weighted by Crippen LogP contribution is 2.57. The summed E-state index contributed by atoms with van der Waals surface area (Å²) in [6.45, 7) is 0. The molecule has 5 heteroatoms. The van der Waals surface area contributed by atoms with Crippen molar-refractivity contribution in [2.45, 2.75) is 12.8 Å². The first-order valence-electron chi connectivity index (χ1n) is 9.60. The number of nitrogens with one attached hydrogen (secondary N) is 1. The average Bonchev–Trinajstić information content (AvgIpc) is 3.03. The zero-order valence-corrected chi connectivity index (χ0v) is 15.2. The van der Waals surface area contributed by atoms with E-state index in [1.54, 1.807) is 12.1 Å². The standard InChI is InChI=1S/C23H20N2O3/c26-20-18-15-11-13-23(14-12-15,22(28)24-16-7-3-1-4-8-16)19(18)21(27)25(20)17-9-5-2-6-10-17/h1-11,13,15,18-19H,12,14H2,(H,24,28)/t15-,18-,19+,23+/m0/s1. The van der Waals surface area contributed by atoms with E-state index in [2.05, 4.69) is 5.32 Å². The summed E-state index contributed by atoms with van der Waals surface area (Å²) in [5, 5.41) is 2.96. The molecule has 3 aliphatic carbocycles. The number of imide groups is 1. The van der Waals surface area contributed by atoms with Crippen molar-refractivity contribution < 1.29 is 14.4 Å². The first-order chi connectivity index (χ1) is 13.6. The molecule has 0 spiro atoms. The Balaban J connectivity index is 1.54. The van der Waals surface area contributed by atoms with Crippen LogP contribution in [-0.2, 0) is 14.4 Å². The second-order valence-electron chi connectivity index (χ2n) is 7.77. The summed E-state index contributed by atoms with van der Waals surface area (Å²) >= 11 is 0. The van der Waals surface area contributed by atoms with Gasteiger partial charge >= 0.3 is 0 Å². The number of allylic oxidation sites excluding steroid dienone is 1. The topological polar surface area (TPSA) is 66.5 Å². The van der Waals surface area contributed by atoms with Gasteiger partial charge in [-0.05, 0) is 43.0 Å². The Morgan fingerprint density at radius 2 is 1.64 bits per heavy atom. The van der Waals surface area contributed by atoms with Crippen molar-refractivity contribution in [3.8, 4) is 0 Å². The number of rotatable bonds is 3. The molecule has 140 valence electrons. The van der Waals surface area contributed by atoms with Crippen molar-refractivity contribution in [2.75, 3.05) is 10.2 Å². The molecule has 2 bridgehead atoms. The number of carbonyl (C=O) groups excluding carboxylic acids is 3. The summed E-state index contributed by atoms with van der Waals surface area (Å²) in [7, 11) is 0. The van der Waals surface area contributed by atoms with Gasteiger partial charge in [-0.3, -0.25) is 14.4 Å². The van der Waals surface area contributed by atoms with Crippen LogP contribution in [0, 0.1) is 23.2 Å². The normalized spacial score (nSPS) is 30.4. The number of anilines is 2. The molecular formula is C23H20N2O3. The Morgan fingerprint density at radius 3 is 2.29 bits per heavy atom. The third-order valence-electron chi connectivity index (χ3n) is 6.37. The zero-order valence-electron chi connectivity index (χ0n) is 15.2. The lowest BCUT2D eigenvalue weighted by Gasteiger charge is -2.46. The third-order valence-corrected chi connectivity index (χ3v) is 6.37. The molecular weight excluding hydrogens is 352 g/mol. The molecule has 1 aliphatic heterocycles. The molecule has 2 aromatic rings. The monoisotopic (exact) mass is 372 g/mol. The molecule has 0 unspecified atom stereocenters. The van der Waals surface area contributed by atoms with Crippen LogP contribution in [0.3, 0.4) is 0 Å². The molecule has 0 aromatic heterocycles. The van der Waals surface area contributed by atoms with Crippen molar-refractivity contribution in [3.63, 3.8) is 0 Å². The lowest BCUT2D eigenvalue weighted by molar-refractivity contribution is -0.140. The van der Waals surface area contributed by atoms with Crippen LogP contribution >= 0.6 is 0 Å². The molecule has 3 amide bonds. The van der Waals surface area contributed by atoms with Crippen LogP contribution in [0.2, 0.25) is 0 Å². The van der Waals surface area contributed by atoms with Gasteiger partial charge in [-0.2, -0.15) is 0 Å². The number of nitrogens with zero attached hydrogens (tertiary/aromatic N) is 1. The predicted octanol–water partition coefficient (Wildman–Crippen LogP) is 3.40. The van der Waals surface area contributed by atoms with Gasteiger partial charge in [-0.15, -0.1) is 0 Å². The van der Waals surface area contributed by atoms with E-state index in [0.717, 1.165) is 6.42 Å². The van der Waals surface area contributed by atoms with Gasteiger partial charge in [0, 0.05) is 5.69 Å². The van der Waals surface area contributed by atoms with Crippen LogP contribution in [0.5, 0.6) is 0 Å². The molecule has 28 heavy (non-hydrogen) atoms. The van der Waals surface area contributed by atoms with E-state index in [-0.39, 0.29) is 23.6 Å². The van der Waals surface area contributed by atoms with Crippen molar-refractivity contribution in [2.24, 2.45) is 23.2 Å². The van der Waals surface area contributed by atoms with E-state index >= 15 is 0 Å². The number of fused-ring (bicyclic) bond motifs is 1. The van der Waals surface area contributed by atoms with Crippen LogP contribution in [0.15, 0.2) is 72.8 Å². The molecule has 5 nitrogen and oxygen atoms in total. The van der Waals surface area contributed by atoms with Crippen LogP contribution in [0.1, 0.15) is 12.8 Å². The number of para-hydroxylation sites is 2. The molecule has 4 atom stereocenters. The van der Waals surface area contributed by atoms with Gasteiger partial charge in [0.05, 0.1) is 22.9 Å². The smallest absolute Gasteiger partial charge is 0.239 e. The summed E-state index contributed by atoms with van der Waals surface area (Å²) in [5.41, 5.74) is 0.284. The molecule has 1 heterocycles. The van der Waals surface area contributed by atoms with Crippen molar-refractivity contribution in [1.29, 1.82) is 0 Å². The van der Waals surface area contributed by atoms with Crippen LogP contribution in [-0.4, -0.2) is 17.7 Å². The fourth-order valence-corrected chi connectivity index (χ4v) is 5.03. The van der Waals surface area contributed by atoms with E-state index in [1.165, 1.54) is 4.90 Å². The molecule has 4 aliphatic rings. The van der Waals surface area contributed by atoms with E-state index < -0.39 is 17.3 Å². The van der Waals surface area contributed by atoms with E-state index in [4.69, 9.17) is 0 Å². The van der Waals surface area contributed by atoms with Gasteiger partial charge in [0.15, 0.2) is 0 Å². The van der Waals surface area contributed by atoms with Gasteiger partial charge in [-0.25, -0.2) is 4.90 Å². The second kappa shape index (κ2) is 6.16. The summed E-state index contributed by atoms with van der Waals surface area (Å²) in [4.78, 5) is 41.2. The Kier molecular flexibility index (Phi) is 3.72. The maximum Gasteiger partial charge on any atom is 0.239 e. The van der Waals surface area contributed by atoms with E-state index in [9.17, 15) is 14.4 Å². The maximum absolute atomic E-state index is 13.4. The number of hydrogen-bond donors (Lipinski definition) is 1. The van der Waals surface area contributed by atoms with E-state index in [0.29, 0.717) is 17.8 Å². The lowest BCUT2D eigenvalue weighted by Crippen LogP contribution is -2.53. The van der Waals surface area contributed by atoms with Gasteiger partial charge in [-0.1, -0.05) is 48.6 Å². The van der Waals surface area contributed by atoms with Crippen molar-refractivity contribution in [3.05, 3.63) is 72.8 Å². The first kappa shape index (κ1) is 16.9. The Morgan fingerprint density at radius 1 is 0.964 bits per heavy atom. The number of carbonyl (C=O) groups is 3. The highest BCUT2D eigenvalue weighted by Gasteiger charge is 2.65. The molecule has 1 saturated heterocycles. The highest BCUT2D eigenvalue weighted by molar-refractivity contribution is 6.24. The summed E-state index contributed by atoms with van der Waals surface area (Å²) < 4.78 is 0. The summed E-state index contributed by atoms with van der Waals surface area (Å²) in [6.07, 6.45) is 5.16. The molecule has 0 radical (unpaired) electrons. The number of benzene rings is 2. The molecule has 2 aromatic carbocycles. The molecule has 1 saturated carbocycles. The fraction of sp³-hybridized carbons (Fsp3) is 0.261. The molecule has 6 rings (SSSR count). The second-order valence-corrected chi connectivity index (χ2v) is 7.77. The fourth-order valence-electron chi connectivity index (χ4n) is 5.03. The van der Waals surface area contributed by atoms with Gasteiger partial charge in [0.2, 0.25) is 17.7 Å². The number of amides is 3. The quantitative estimate of drug-likeness (QED) is 0.663. The largest absolute Gasteiger partial charge is 0.325 e. The Labute approximate surface area is 163 Å². The SMILES string of the molecule is O=C1[C@H]2[C@H]3C=C[C@@](C(=O)Nc4ccccc4)(CC3)[C@H]2C(=O)N1c1ccccc1. The highest BCUT2D eigenvalue weighted by atomic mass is 16.2. The minimum atomic E-state index is -0.981. The summed E-state index contributed by atoms with van der Waals surface area (Å²) in [6, 6.07) is 18.2. The average molecular weight is 372 g/mol. The van der Waals surface area contributed by atoms with Crippen molar-refractivity contribution >= 4 is 29.1 Å². The van der Waals surface area contributed by atoms with E-state index in [1.807, 2.05) is 60.7 Å². The number of hydrogen-bond acceptors (Lipinski definition) is 3. The van der Waals surface area contributed by atoms with Crippen LogP contribution in [0.4, 0.5) is 11.4 Å². The van der Waals surface area contributed by atoms with Gasteiger partial charge < -0.3 is 5.32 Å². The Hall–Kier alpha value is -3.21. The Bertz CT molecular complexity index is 985. The van der Waals surface area contributed by atoms with Crippen molar-refractivity contribution in [1.82, 2.24) is 0 Å². The predicted molar refractivity (Wildman–Crippen MR) is 105 cm³/mol. The van der Waals surface area contributed by atoms with Gasteiger partial charge in [0.1, 0.15) is 0 Å². The minimum Gasteiger partial charge on any atom is -0.325 e. The maximum atomic E-state index is 13.4. The van der Waals surface area contributed by atoms with Crippen LogP contribution in [0.25, 0.3) is 0 Å². The molecule has 2 fully saturated rings. The first-order valence-corrected chi connectivity index (χ1v) is 9.60.